The zero-order valence-corrected chi connectivity index (χ0v) is 10.5. The summed E-state index contributed by atoms with van der Waals surface area (Å²) in [7, 11) is 0. The van der Waals surface area contributed by atoms with Crippen molar-refractivity contribution in [1.82, 2.24) is 0 Å². The van der Waals surface area contributed by atoms with Crippen molar-refractivity contribution in [1.29, 1.82) is 0 Å². The van der Waals surface area contributed by atoms with Crippen LogP contribution in [0, 0.1) is 0 Å². The first-order valence-electron chi connectivity index (χ1n) is 5.67. The molecule has 0 unspecified atom stereocenters. The lowest BCUT2D eigenvalue weighted by Crippen LogP contribution is -2.11. The Hall–Kier alpha value is -1.94. The normalized spacial score (nSPS) is 12.9. The lowest BCUT2D eigenvalue weighted by molar-refractivity contribution is 0.100. The number of carbonyl (C=O) groups excluding carboxylic acids is 1. The molecule has 3 nitrogen and oxygen atoms in total. The predicted molar refractivity (Wildman–Crippen MR) is 72.9 cm³/mol. The molecule has 3 rings (SSSR count). The third-order valence-electron chi connectivity index (χ3n) is 2.93. The quantitative estimate of drug-likeness (QED) is 0.825. The Balaban J connectivity index is 2.04. The summed E-state index contributed by atoms with van der Waals surface area (Å²) in [5, 5.41) is 3.35. The molecule has 0 aliphatic carbocycles. The highest BCUT2D eigenvalue weighted by Crippen LogP contribution is 2.38. The van der Waals surface area contributed by atoms with Crippen LogP contribution in [0.25, 0.3) is 0 Å². The van der Waals surface area contributed by atoms with E-state index >= 15 is 0 Å². The van der Waals surface area contributed by atoms with E-state index in [4.69, 9.17) is 5.73 Å². The molecule has 4 heteroatoms. The van der Waals surface area contributed by atoms with Gasteiger partial charge in [0.25, 0.3) is 0 Å². The number of hydrogen-bond donors (Lipinski definition) is 2. The van der Waals surface area contributed by atoms with E-state index in [9.17, 15) is 4.79 Å². The molecule has 18 heavy (non-hydrogen) atoms. The number of nitrogens with two attached hydrogens (primary N) is 1. The molecule has 0 atom stereocenters. The molecule has 1 aliphatic rings. The highest BCUT2D eigenvalue weighted by atomic mass is 32.2. The molecule has 3 N–H and O–H groups in total. The Morgan fingerprint density at radius 2 is 2.00 bits per heavy atom. The fraction of sp³-hybridized carbons (Fsp3) is 0.0714. The third kappa shape index (κ3) is 1.95. The molecule has 2 aromatic rings. The molecular weight excluding hydrogens is 244 g/mol. The van der Waals surface area contributed by atoms with E-state index in [1.165, 1.54) is 10.5 Å². The van der Waals surface area contributed by atoms with E-state index in [0.29, 0.717) is 5.56 Å². The fourth-order valence-electron chi connectivity index (χ4n) is 1.97. The zero-order valence-electron chi connectivity index (χ0n) is 9.64. The summed E-state index contributed by atoms with van der Waals surface area (Å²) in [4.78, 5) is 13.5. The van der Waals surface area contributed by atoms with Gasteiger partial charge in [0.1, 0.15) is 0 Å². The van der Waals surface area contributed by atoms with Gasteiger partial charge in [0.15, 0.2) is 0 Å². The van der Waals surface area contributed by atoms with Gasteiger partial charge in [0, 0.05) is 27.6 Å². The monoisotopic (exact) mass is 256 g/mol. The average molecular weight is 256 g/mol. The van der Waals surface area contributed by atoms with Gasteiger partial charge in [-0.25, -0.2) is 0 Å². The van der Waals surface area contributed by atoms with Gasteiger partial charge < -0.3 is 11.1 Å². The Kier molecular flexibility index (Phi) is 2.72. The molecule has 0 saturated heterocycles. The number of benzene rings is 2. The molecule has 0 fully saturated rings. The number of hydrogen-bond acceptors (Lipinski definition) is 3. The molecule has 2 aromatic carbocycles. The van der Waals surface area contributed by atoms with Crippen LogP contribution in [0.2, 0.25) is 0 Å². The second-order valence-electron chi connectivity index (χ2n) is 4.14. The summed E-state index contributed by atoms with van der Waals surface area (Å²) >= 11 is 1.71. The molecule has 90 valence electrons. The van der Waals surface area contributed by atoms with Crippen LogP contribution in [-0.2, 0) is 6.54 Å². The minimum atomic E-state index is -0.397. The smallest absolute Gasteiger partial charge is 0.248 e. The van der Waals surface area contributed by atoms with Crippen molar-refractivity contribution in [3.05, 3.63) is 53.6 Å². The highest BCUT2D eigenvalue weighted by Gasteiger charge is 2.14. The lowest BCUT2D eigenvalue weighted by atomic mass is 10.2. The van der Waals surface area contributed by atoms with Gasteiger partial charge in [-0.15, -0.1) is 0 Å². The Labute approximate surface area is 109 Å². The third-order valence-corrected chi connectivity index (χ3v) is 4.12. The number of fused-ring (bicyclic) bond motifs is 2. The van der Waals surface area contributed by atoms with Crippen molar-refractivity contribution >= 4 is 23.4 Å². The van der Waals surface area contributed by atoms with Crippen molar-refractivity contribution in [2.75, 3.05) is 5.32 Å². The van der Waals surface area contributed by atoms with Crippen LogP contribution in [0.4, 0.5) is 5.69 Å². The van der Waals surface area contributed by atoms with Gasteiger partial charge in [0.05, 0.1) is 0 Å². The van der Waals surface area contributed by atoms with Crippen molar-refractivity contribution in [3.63, 3.8) is 0 Å². The Morgan fingerprint density at radius 3 is 2.83 bits per heavy atom. The van der Waals surface area contributed by atoms with E-state index in [1.54, 1.807) is 17.8 Å². The van der Waals surface area contributed by atoms with Gasteiger partial charge in [-0.05, 0) is 29.8 Å². The summed E-state index contributed by atoms with van der Waals surface area (Å²) in [6.45, 7) is 0.762. The molecule has 0 bridgehead atoms. The Bertz CT molecular complexity index is 625. The predicted octanol–water partition coefficient (Wildman–Crippen LogP) is 2.86. The van der Waals surface area contributed by atoms with Crippen LogP contribution in [0.1, 0.15) is 15.9 Å². The minimum absolute atomic E-state index is 0.397. The second-order valence-corrected chi connectivity index (χ2v) is 5.22. The summed E-state index contributed by atoms with van der Waals surface area (Å²) < 4.78 is 0. The van der Waals surface area contributed by atoms with Crippen LogP contribution in [0.5, 0.6) is 0 Å². The summed E-state index contributed by atoms with van der Waals surface area (Å²) in [6, 6.07) is 13.8. The van der Waals surface area contributed by atoms with Crippen LogP contribution < -0.4 is 11.1 Å². The van der Waals surface area contributed by atoms with Gasteiger partial charge in [-0.3, -0.25) is 4.79 Å². The van der Waals surface area contributed by atoms with Gasteiger partial charge >= 0.3 is 0 Å². The lowest BCUT2D eigenvalue weighted by Gasteiger charge is -2.07. The molecule has 0 saturated carbocycles. The number of carbonyl (C=O) groups is 1. The number of amides is 1. The molecule has 1 aliphatic heterocycles. The van der Waals surface area contributed by atoms with Crippen LogP contribution in [0.15, 0.2) is 52.3 Å². The van der Waals surface area contributed by atoms with Crippen LogP contribution >= 0.6 is 11.8 Å². The number of nitrogens with one attached hydrogen (secondary N) is 1. The SMILES string of the molecule is NC(=O)c1ccc2c(c1)NCc1ccccc1S2. The first-order valence-corrected chi connectivity index (χ1v) is 6.49. The number of rotatable bonds is 1. The van der Waals surface area contributed by atoms with Crippen molar-refractivity contribution < 1.29 is 4.79 Å². The largest absolute Gasteiger partial charge is 0.380 e. The number of primary amides is 1. The van der Waals surface area contributed by atoms with E-state index in [2.05, 4.69) is 17.4 Å². The molecule has 0 radical (unpaired) electrons. The molecule has 0 spiro atoms. The standard InChI is InChI=1S/C14H12N2OS/c15-14(17)9-5-6-13-11(7-9)16-8-10-3-1-2-4-12(10)18-13/h1-7,16H,8H2,(H2,15,17). The van der Waals surface area contributed by atoms with E-state index in [-0.39, 0.29) is 0 Å². The second kappa shape index (κ2) is 4.38. The van der Waals surface area contributed by atoms with E-state index in [1.807, 2.05) is 24.3 Å². The number of anilines is 1. The first kappa shape index (κ1) is 11.2. The van der Waals surface area contributed by atoms with Crippen molar-refractivity contribution in [3.8, 4) is 0 Å². The fourth-order valence-corrected chi connectivity index (χ4v) is 3.00. The van der Waals surface area contributed by atoms with Crippen LogP contribution in [0.3, 0.4) is 0 Å². The first-order chi connectivity index (χ1) is 8.74. The molecule has 1 heterocycles. The zero-order chi connectivity index (χ0) is 12.5. The molecular formula is C14H12N2OS. The minimum Gasteiger partial charge on any atom is -0.380 e. The van der Waals surface area contributed by atoms with Crippen LogP contribution in [-0.4, -0.2) is 5.91 Å². The van der Waals surface area contributed by atoms with E-state index < -0.39 is 5.91 Å². The molecule has 0 aromatic heterocycles. The summed E-state index contributed by atoms with van der Waals surface area (Å²) in [6.07, 6.45) is 0. The maximum atomic E-state index is 11.2. The average Bonchev–Trinajstić information content (AvgIpc) is 2.56. The maximum absolute atomic E-state index is 11.2. The van der Waals surface area contributed by atoms with Crippen molar-refractivity contribution in [2.24, 2.45) is 5.73 Å². The molecule has 1 amide bonds. The van der Waals surface area contributed by atoms with Gasteiger partial charge in [-0.2, -0.15) is 0 Å². The topological polar surface area (TPSA) is 55.1 Å². The Morgan fingerprint density at radius 1 is 1.17 bits per heavy atom. The highest BCUT2D eigenvalue weighted by molar-refractivity contribution is 7.99. The van der Waals surface area contributed by atoms with Crippen molar-refractivity contribution in [2.45, 2.75) is 16.3 Å². The summed E-state index contributed by atoms with van der Waals surface area (Å²) in [5.74, 6) is -0.397. The maximum Gasteiger partial charge on any atom is 0.248 e. The van der Waals surface area contributed by atoms with Gasteiger partial charge in [-0.1, -0.05) is 30.0 Å². The van der Waals surface area contributed by atoms with E-state index in [0.717, 1.165) is 17.1 Å². The van der Waals surface area contributed by atoms with Gasteiger partial charge in [0.2, 0.25) is 5.91 Å². The summed E-state index contributed by atoms with van der Waals surface area (Å²) in [5.41, 5.74) is 8.06.